The number of nitrogens with zero attached hydrogens (tertiary/aromatic N) is 1. The third-order valence-electron chi connectivity index (χ3n) is 2.61. The van der Waals surface area contributed by atoms with Gasteiger partial charge in [0.15, 0.2) is 0 Å². The van der Waals surface area contributed by atoms with Crippen LogP contribution in [0.1, 0.15) is 6.42 Å². The van der Waals surface area contributed by atoms with Crippen LogP contribution in [0, 0.1) is 5.41 Å². The third-order valence-corrected chi connectivity index (χ3v) is 2.61. The van der Waals surface area contributed by atoms with E-state index in [0.29, 0.717) is 0 Å². The molecule has 0 radical (unpaired) electrons. The molecule has 1 aliphatic carbocycles. The Balaban J connectivity index is 3.29. The van der Waals surface area contributed by atoms with Crippen molar-refractivity contribution in [3.8, 4) is 0 Å². The van der Waals surface area contributed by atoms with Gasteiger partial charge in [-0.05, 0) is 6.72 Å². The number of nitrogens with one attached hydrogen (secondary N) is 2. The number of hydrogen-bond donors (Lipinski definition) is 3. The molecular formula is C10H10F5N3O2. The molecule has 0 heterocycles. The van der Waals surface area contributed by atoms with E-state index in [1.165, 1.54) is 0 Å². The molecule has 1 atom stereocenters. The van der Waals surface area contributed by atoms with Crippen molar-refractivity contribution in [3.05, 3.63) is 11.3 Å². The molecule has 0 amide bonds. The minimum atomic E-state index is -5.14. The van der Waals surface area contributed by atoms with Crippen molar-refractivity contribution in [2.45, 2.75) is 24.6 Å². The van der Waals surface area contributed by atoms with E-state index in [2.05, 4.69) is 11.7 Å². The van der Waals surface area contributed by atoms with E-state index in [-0.39, 0.29) is 0 Å². The first kappa shape index (κ1) is 16.1. The fourth-order valence-corrected chi connectivity index (χ4v) is 1.80. The summed E-state index contributed by atoms with van der Waals surface area (Å²) < 4.78 is 64.8. The molecule has 0 spiro atoms. The molecule has 112 valence electrons. The molecular weight excluding hydrogens is 289 g/mol. The van der Waals surface area contributed by atoms with Crippen LogP contribution in [0.3, 0.4) is 0 Å². The minimum absolute atomic E-state index is 0.997. The predicted octanol–water partition coefficient (Wildman–Crippen LogP) is 1.60. The summed E-state index contributed by atoms with van der Waals surface area (Å²) in [5.41, 5.74) is -4.29. The average molecular weight is 299 g/mol. The lowest BCUT2D eigenvalue weighted by Crippen LogP contribution is -2.34. The van der Waals surface area contributed by atoms with Crippen molar-refractivity contribution in [2.75, 3.05) is 6.54 Å². The lowest BCUT2D eigenvalue weighted by Gasteiger charge is -2.17. The summed E-state index contributed by atoms with van der Waals surface area (Å²) in [5, 5.41) is 17.1. The molecule has 0 aromatic carbocycles. The monoisotopic (exact) mass is 299 g/mol. The van der Waals surface area contributed by atoms with Gasteiger partial charge in [-0.1, -0.05) is 0 Å². The van der Waals surface area contributed by atoms with E-state index in [9.17, 15) is 26.7 Å². The van der Waals surface area contributed by atoms with E-state index in [1.807, 2.05) is 0 Å². The summed E-state index contributed by atoms with van der Waals surface area (Å²) in [4.78, 5) is 13.5. The Kier molecular flexibility index (Phi) is 4.15. The van der Waals surface area contributed by atoms with Crippen LogP contribution in [0.25, 0.3) is 0 Å². The molecule has 0 aromatic rings. The zero-order chi connectivity index (χ0) is 15.7. The summed E-state index contributed by atoms with van der Waals surface area (Å²) in [5.74, 6) is -5.25. The second-order valence-electron chi connectivity index (χ2n) is 4.02. The van der Waals surface area contributed by atoms with Crippen LogP contribution in [-0.2, 0) is 4.79 Å². The number of carboxylic acids is 1. The molecule has 0 aromatic heterocycles. The van der Waals surface area contributed by atoms with Crippen LogP contribution in [0.15, 0.2) is 16.3 Å². The van der Waals surface area contributed by atoms with Gasteiger partial charge in [0.05, 0.1) is 11.7 Å². The van der Waals surface area contributed by atoms with Gasteiger partial charge in [-0.3, -0.25) is 15.2 Å². The van der Waals surface area contributed by atoms with Gasteiger partial charge < -0.3 is 10.4 Å². The Hall–Kier alpha value is -2.00. The highest BCUT2D eigenvalue weighted by Crippen LogP contribution is 2.42. The Labute approximate surface area is 109 Å². The minimum Gasteiger partial charge on any atom is -0.480 e. The number of rotatable bonds is 5. The number of carboxylic acid groups (broad SMARTS) is 1. The number of allylic oxidation sites excluding steroid dienone is 1. The highest BCUT2D eigenvalue weighted by molar-refractivity contribution is 6.04. The largest absolute Gasteiger partial charge is 0.480 e. The van der Waals surface area contributed by atoms with Crippen molar-refractivity contribution in [2.24, 2.45) is 4.99 Å². The van der Waals surface area contributed by atoms with E-state index in [0.717, 1.165) is 0 Å². The van der Waals surface area contributed by atoms with Gasteiger partial charge in [-0.15, -0.1) is 0 Å². The maximum absolute atomic E-state index is 13.6. The molecule has 1 rings (SSSR count). The third kappa shape index (κ3) is 3.11. The van der Waals surface area contributed by atoms with Crippen LogP contribution in [0.2, 0.25) is 0 Å². The quantitative estimate of drug-likeness (QED) is 0.532. The number of halogens is 5. The average Bonchev–Trinajstić information content (AvgIpc) is 2.54. The smallest absolute Gasteiger partial charge is 0.433 e. The number of aliphatic carboxylic acids is 1. The molecule has 0 saturated heterocycles. The van der Waals surface area contributed by atoms with Crippen LogP contribution < -0.4 is 5.32 Å². The molecule has 20 heavy (non-hydrogen) atoms. The van der Waals surface area contributed by atoms with Gasteiger partial charge >= 0.3 is 12.1 Å². The molecule has 0 aliphatic heterocycles. The normalized spacial score (nSPS) is 21.8. The second-order valence-corrected chi connectivity index (χ2v) is 4.02. The van der Waals surface area contributed by atoms with Gasteiger partial charge in [0, 0.05) is 12.0 Å². The first-order valence-corrected chi connectivity index (χ1v) is 5.20. The van der Waals surface area contributed by atoms with E-state index < -0.39 is 54.1 Å². The molecule has 5 nitrogen and oxygen atoms in total. The standard InChI is InChI=1S/C10H10F5N3O2/c1-17-4-2-9(11,12)8(18-3-5(19)20)6(4)7(16)10(13,14)15/h4,16,18H,1-3H2,(H,19,20)/t4-/m1/s1. The van der Waals surface area contributed by atoms with Gasteiger partial charge in [0.1, 0.15) is 12.3 Å². The summed E-state index contributed by atoms with van der Waals surface area (Å²) in [6.07, 6.45) is -6.24. The summed E-state index contributed by atoms with van der Waals surface area (Å²) >= 11 is 0. The molecule has 10 heteroatoms. The molecule has 0 saturated carbocycles. The first-order valence-electron chi connectivity index (χ1n) is 5.20. The van der Waals surface area contributed by atoms with E-state index in [1.54, 1.807) is 5.32 Å². The van der Waals surface area contributed by atoms with E-state index in [4.69, 9.17) is 10.5 Å². The van der Waals surface area contributed by atoms with Crippen molar-refractivity contribution in [1.82, 2.24) is 5.32 Å². The molecule has 0 bridgehead atoms. The summed E-state index contributed by atoms with van der Waals surface area (Å²) in [7, 11) is 0. The number of carbonyl (C=O) groups is 1. The van der Waals surface area contributed by atoms with Crippen LogP contribution in [0.5, 0.6) is 0 Å². The van der Waals surface area contributed by atoms with Crippen LogP contribution >= 0.6 is 0 Å². The summed E-state index contributed by atoms with van der Waals surface area (Å²) in [6.45, 7) is 1.93. The fourth-order valence-electron chi connectivity index (χ4n) is 1.80. The van der Waals surface area contributed by atoms with Crippen molar-refractivity contribution in [3.63, 3.8) is 0 Å². The SMILES string of the molecule is C=N[C@@H]1CC(F)(F)C(NCC(=O)O)=C1C(=N)C(F)(F)F. The van der Waals surface area contributed by atoms with E-state index >= 15 is 0 Å². The Morgan fingerprint density at radius 1 is 1.55 bits per heavy atom. The van der Waals surface area contributed by atoms with Crippen molar-refractivity contribution >= 4 is 18.4 Å². The molecule has 0 unspecified atom stereocenters. The highest BCUT2D eigenvalue weighted by atomic mass is 19.4. The number of alkyl halides is 5. The fraction of sp³-hybridized carbons (Fsp3) is 0.500. The maximum atomic E-state index is 13.6. The van der Waals surface area contributed by atoms with Gasteiger partial charge in [-0.25, -0.2) is 0 Å². The zero-order valence-corrected chi connectivity index (χ0v) is 9.89. The molecule has 1 aliphatic rings. The molecule has 0 fully saturated rings. The Morgan fingerprint density at radius 2 is 2.10 bits per heavy atom. The number of hydrogen-bond acceptors (Lipinski definition) is 4. The van der Waals surface area contributed by atoms with Crippen LogP contribution in [0.4, 0.5) is 22.0 Å². The van der Waals surface area contributed by atoms with Gasteiger partial charge in [0.2, 0.25) is 0 Å². The van der Waals surface area contributed by atoms with Crippen molar-refractivity contribution < 1.29 is 31.9 Å². The topological polar surface area (TPSA) is 85.5 Å². The van der Waals surface area contributed by atoms with Crippen LogP contribution in [-0.4, -0.2) is 48.2 Å². The Bertz CT molecular complexity index is 484. The number of aliphatic imine (C=N–C) groups is 1. The van der Waals surface area contributed by atoms with Crippen molar-refractivity contribution in [1.29, 1.82) is 5.41 Å². The van der Waals surface area contributed by atoms with Gasteiger partial charge in [0.25, 0.3) is 5.92 Å². The van der Waals surface area contributed by atoms with Gasteiger partial charge in [-0.2, -0.15) is 22.0 Å². The Morgan fingerprint density at radius 3 is 2.50 bits per heavy atom. The zero-order valence-electron chi connectivity index (χ0n) is 9.89. The first-order chi connectivity index (χ1) is 9.00. The lowest BCUT2D eigenvalue weighted by molar-refractivity contribution is -0.135. The lowest BCUT2D eigenvalue weighted by atomic mass is 10.0. The second kappa shape index (κ2) is 5.17. The highest BCUT2D eigenvalue weighted by Gasteiger charge is 2.52. The maximum Gasteiger partial charge on any atom is 0.433 e. The summed E-state index contributed by atoms with van der Waals surface area (Å²) in [6, 6.07) is -1.62. The predicted molar refractivity (Wildman–Crippen MR) is 59.3 cm³/mol. The molecule has 3 N–H and O–H groups in total.